The Balaban J connectivity index is 2.92. The molecule has 2 aromatic rings. The van der Waals surface area contributed by atoms with Crippen molar-refractivity contribution in [3.05, 3.63) is 16.0 Å². The second-order valence-corrected chi connectivity index (χ2v) is 3.65. The van der Waals surface area contributed by atoms with Crippen molar-refractivity contribution in [2.75, 3.05) is 5.73 Å². The first-order valence-corrected chi connectivity index (χ1v) is 4.91. The molecule has 74 valence electrons. The van der Waals surface area contributed by atoms with Gasteiger partial charge in [0, 0.05) is 5.69 Å². The summed E-state index contributed by atoms with van der Waals surface area (Å²) in [6.07, 6.45) is 0.939. The Morgan fingerprint density at radius 2 is 2.14 bits per heavy atom. The number of nitrogens with one attached hydrogen (secondary N) is 2. The fourth-order valence-electron chi connectivity index (χ4n) is 1.70. The van der Waals surface area contributed by atoms with Gasteiger partial charge in [-0.25, -0.2) is 4.98 Å². The molecule has 0 aliphatic heterocycles. The van der Waals surface area contributed by atoms with E-state index in [1.54, 1.807) is 0 Å². The maximum Gasteiger partial charge on any atom is 0.200 e. The molecule has 0 fully saturated rings. The van der Waals surface area contributed by atoms with Gasteiger partial charge in [0.05, 0.1) is 5.39 Å². The Bertz CT molecular complexity index is 537. The number of fused-ring (bicyclic) bond motifs is 1. The fraction of sp³-hybridized carbons (Fsp3) is 0.333. The molecule has 0 unspecified atom stereocenters. The zero-order chi connectivity index (χ0) is 10.3. The summed E-state index contributed by atoms with van der Waals surface area (Å²) in [7, 11) is 0. The third-order valence-corrected chi connectivity index (χ3v) is 2.60. The van der Waals surface area contributed by atoms with Gasteiger partial charge in [0.1, 0.15) is 11.5 Å². The van der Waals surface area contributed by atoms with E-state index in [2.05, 4.69) is 21.9 Å². The number of aromatic amines is 2. The molecule has 2 aromatic heterocycles. The lowest BCUT2D eigenvalue weighted by Gasteiger charge is -1.97. The van der Waals surface area contributed by atoms with E-state index in [0.717, 1.165) is 28.7 Å². The van der Waals surface area contributed by atoms with Crippen LogP contribution >= 0.6 is 12.2 Å². The molecule has 0 saturated carbocycles. The molecule has 4 nitrogen and oxygen atoms in total. The van der Waals surface area contributed by atoms with Gasteiger partial charge in [0.25, 0.3) is 0 Å². The van der Waals surface area contributed by atoms with Crippen molar-refractivity contribution in [1.82, 2.24) is 15.0 Å². The van der Waals surface area contributed by atoms with E-state index in [1.807, 2.05) is 6.92 Å². The molecule has 5 heteroatoms. The monoisotopic (exact) mass is 208 g/mol. The Morgan fingerprint density at radius 1 is 1.43 bits per heavy atom. The first-order chi connectivity index (χ1) is 6.63. The number of aromatic nitrogens is 3. The third-order valence-electron chi connectivity index (χ3n) is 2.41. The molecule has 0 saturated heterocycles. The Morgan fingerprint density at radius 3 is 2.79 bits per heavy atom. The maximum absolute atomic E-state index is 5.84. The molecular formula is C9H12N4S. The molecule has 0 amide bonds. The number of nitrogen functional groups attached to an aromatic ring is 1. The van der Waals surface area contributed by atoms with Crippen LogP contribution in [0.15, 0.2) is 0 Å². The van der Waals surface area contributed by atoms with E-state index in [0.29, 0.717) is 10.6 Å². The standard InChI is InChI=1S/C9H12N4S/c1-3-5-4(2)6-7(10)12-9(14)13-8(6)11-5/h3H2,1-2H3,(H4,10,11,12,13,14). The van der Waals surface area contributed by atoms with Gasteiger partial charge in [-0.2, -0.15) is 0 Å². The quantitative estimate of drug-likeness (QED) is 0.628. The van der Waals surface area contributed by atoms with E-state index in [4.69, 9.17) is 18.0 Å². The highest BCUT2D eigenvalue weighted by Crippen LogP contribution is 2.24. The smallest absolute Gasteiger partial charge is 0.200 e. The highest BCUT2D eigenvalue weighted by Gasteiger charge is 2.09. The van der Waals surface area contributed by atoms with E-state index < -0.39 is 0 Å². The zero-order valence-corrected chi connectivity index (χ0v) is 8.96. The zero-order valence-electron chi connectivity index (χ0n) is 8.14. The fourth-order valence-corrected chi connectivity index (χ4v) is 1.90. The minimum atomic E-state index is 0.416. The summed E-state index contributed by atoms with van der Waals surface area (Å²) in [4.78, 5) is 10.3. The molecular weight excluding hydrogens is 196 g/mol. The molecule has 14 heavy (non-hydrogen) atoms. The number of H-pyrrole nitrogens is 2. The highest BCUT2D eigenvalue weighted by molar-refractivity contribution is 7.71. The van der Waals surface area contributed by atoms with Gasteiger partial charge in [-0.05, 0) is 31.1 Å². The summed E-state index contributed by atoms with van der Waals surface area (Å²) in [6.45, 7) is 4.12. The summed E-state index contributed by atoms with van der Waals surface area (Å²) < 4.78 is 0.416. The number of hydrogen-bond acceptors (Lipinski definition) is 3. The van der Waals surface area contributed by atoms with Gasteiger partial charge in [-0.3, -0.25) is 0 Å². The number of rotatable bonds is 1. The number of hydrogen-bond donors (Lipinski definition) is 3. The lowest BCUT2D eigenvalue weighted by Crippen LogP contribution is -1.93. The van der Waals surface area contributed by atoms with Crippen molar-refractivity contribution in [2.24, 2.45) is 0 Å². The van der Waals surface area contributed by atoms with Gasteiger partial charge < -0.3 is 15.7 Å². The van der Waals surface area contributed by atoms with E-state index in [9.17, 15) is 0 Å². The molecule has 0 spiro atoms. The molecule has 4 N–H and O–H groups in total. The predicted molar refractivity (Wildman–Crippen MR) is 59.8 cm³/mol. The van der Waals surface area contributed by atoms with Gasteiger partial charge >= 0.3 is 0 Å². The molecule has 0 aliphatic rings. The van der Waals surface area contributed by atoms with Crippen LogP contribution in [0.25, 0.3) is 11.0 Å². The summed E-state index contributed by atoms with van der Waals surface area (Å²) in [5.74, 6) is 0.591. The van der Waals surface area contributed by atoms with E-state index in [-0.39, 0.29) is 0 Å². The number of nitrogens with zero attached hydrogens (tertiary/aromatic N) is 1. The predicted octanol–water partition coefficient (Wildman–Crippen LogP) is 2.07. The Hall–Kier alpha value is -1.36. The average Bonchev–Trinajstić information content (AvgIpc) is 2.42. The molecule has 2 rings (SSSR count). The van der Waals surface area contributed by atoms with Crippen molar-refractivity contribution in [2.45, 2.75) is 20.3 Å². The molecule has 2 heterocycles. The van der Waals surface area contributed by atoms with Crippen LogP contribution in [0.3, 0.4) is 0 Å². The van der Waals surface area contributed by atoms with Gasteiger partial charge in [0.2, 0.25) is 0 Å². The first-order valence-electron chi connectivity index (χ1n) is 4.50. The number of aryl methyl sites for hydroxylation is 2. The molecule has 0 aliphatic carbocycles. The second-order valence-electron chi connectivity index (χ2n) is 3.26. The summed E-state index contributed by atoms with van der Waals surface area (Å²) in [5.41, 5.74) is 8.93. The van der Waals surface area contributed by atoms with Crippen LogP contribution in [-0.2, 0) is 6.42 Å². The topological polar surface area (TPSA) is 70.5 Å². The maximum atomic E-state index is 5.84. The second kappa shape index (κ2) is 3.09. The molecule has 0 bridgehead atoms. The molecule has 0 aromatic carbocycles. The van der Waals surface area contributed by atoms with E-state index in [1.165, 1.54) is 0 Å². The van der Waals surface area contributed by atoms with Crippen molar-refractivity contribution in [3.8, 4) is 0 Å². The van der Waals surface area contributed by atoms with Crippen LogP contribution in [0.5, 0.6) is 0 Å². The molecule has 0 atom stereocenters. The largest absolute Gasteiger partial charge is 0.385 e. The minimum absolute atomic E-state index is 0.416. The third kappa shape index (κ3) is 1.21. The first kappa shape index (κ1) is 9.21. The number of anilines is 1. The van der Waals surface area contributed by atoms with Crippen LogP contribution in [-0.4, -0.2) is 15.0 Å². The number of nitrogens with two attached hydrogens (primary N) is 1. The van der Waals surface area contributed by atoms with Crippen LogP contribution in [0.2, 0.25) is 0 Å². The van der Waals surface area contributed by atoms with Crippen LogP contribution in [0.4, 0.5) is 5.82 Å². The van der Waals surface area contributed by atoms with E-state index >= 15 is 0 Å². The van der Waals surface area contributed by atoms with Crippen molar-refractivity contribution in [1.29, 1.82) is 0 Å². The summed E-state index contributed by atoms with van der Waals surface area (Å²) in [6, 6.07) is 0. The normalized spacial score (nSPS) is 11.0. The van der Waals surface area contributed by atoms with Crippen molar-refractivity contribution < 1.29 is 0 Å². The van der Waals surface area contributed by atoms with Gasteiger partial charge in [-0.15, -0.1) is 0 Å². The van der Waals surface area contributed by atoms with Crippen molar-refractivity contribution >= 4 is 29.1 Å². The lowest BCUT2D eigenvalue weighted by molar-refractivity contribution is 1.04. The average molecular weight is 208 g/mol. The lowest BCUT2D eigenvalue weighted by atomic mass is 10.2. The van der Waals surface area contributed by atoms with Gasteiger partial charge in [0.15, 0.2) is 4.77 Å². The van der Waals surface area contributed by atoms with Gasteiger partial charge in [-0.1, -0.05) is 6.92 Å². The van der Waals surface area contributed by atoms with Crippen molar-refractivity contribution in [3.63, 3.8) is 0 Å². The minimum Gasteiger partial charge on any atom is -0.385 e. The summed E-state index contributed by atoms with van der Waals surface area (Å²) >= 11 is 4.95. The Labute approximate surface area is 86.6 Å². The SMILES string of the molecule is CCc1[nH]c2nc(=S)[nH]c(N)c2c1C. The molecule has 0 radical (unpaired) electrons. The summed E-state index contributed by atoms with van der Waals surface area (Å²) in [5, 5.41) is 0.954. The van der Waals surface area contributed by atoms with Crippen LogP contribution in [0, 0.1) is 11.7 Å². The van der Waals surface area contributed by atoms with Crippen LogP contribution < -0.4 is 5.73 Å². The Kier molecular flexibility index (Phi) is 2.03. The highest BCUT2D eigenvalue weighted by atomic mass is 32.1. The van der Waals surface area contributed by atoms with Crippen LogP contribution in [0.1, 0.15) is 18.2 Å².